The summed E-state index contributed by atoms with van der Waals surface area (Å²) < 4.78 is 46.1. The zero-order valence-corrected chi connectivity index (χ0v) is 22.1. The van der Waals surface area contributed by atoms with Gasteiger partial charge < -0.3 is 14.2 Å². The quantitative estimate of drug-likeness (QED) is 0.159. The van der Waals surface area contributed by atoms with Gasteiger partial charge in [0.05, 0.1) is 18.3 Å². The van der Waals surface area contributed by atoms with Gasteiger partial charge in [0.15, 0.2) is 11.6 Å². The van der Waals surface area contributed by atoms with E-state index in [1.165, 1.54) is 44.2 Å². The third kappa shape index (κ3) is 11.8. The summed E-state index contributed by atoms with van der Waals surface area (Å²) in [5.74, 6) is -2.67. The van der Waals surface area contributed by atoms with E-state index in [2.05, 4.69) is 6.92 Å². The Morgan fingerprint density at radius 3 is 1.73 bits per heavy atom. The van der Waals surface area contributed by atoms with Gasteiger partial charge in [-0.25, -0.2) is 8.78 Å². The van der Waals surface area contributed by atoms with Crippen molar-refractivity contribution in [2.45, 2.75) is 137 Å². The molecule has 0 aliphatic heterocycles. The van der Waals surface area contributed by atoms with Crippen LogP contribution in [0.15, 0.2) is 18.2 Å². The van der Waals surface area contributed by atoms with Gasteiger partial charge in [-0.3, -0.25) is 0 Å². The van der Waals surface area contributed by atoms with Crippen LogP contribution < -0.4 is 0 Å². The van der Waals surface area contributed by atoms with Crippen molar-refractivity contribution in [1.82, 2.24) is 0 Å². The average molecular weight is 471 g/mol. The molecule has 1 aromatic rings. The maximum absolute atomic E-state index is 13.6. The monoisotopic (exact) mass is 470 g/mol. The highest BCUT2D eigenvalue weighted by Gasteiger charge is 2.44. The van der Waals surface area contributed by atoms with Crippen molar-refractivity contribution in [2.24, 2.45) is 5.92 Å². The van der Waals surface area contributed by atoms with Gasteiger partial charge in [0.1, 0.15) is 0 Å². The molecule has 5 heteroatoms. The fourth-order valence-electron chi connectivity index (χ4n) is 4.27. The van der Waals surface area contributed by atoms with E-state index in [0.29, 0.717) is 6.42 Å². The molecule has 0 aliphatic rings. The molecule has 1 aromatic carbocycles. The zero-order chi connectivity index (χ0) is 24.9. The van der Waals surface area contributed by atoms with Gasteiger partial charge >= 0.3 is 0 Å². The first-order valence-electron chi connectivity index (χ1n) is 13.1. The molecule has 0 amide bonds. The van der Waals surface area contributed by atoms with Crippen molar-refractivity contribution >= 4 is 0 Å². The van der Waals surface area contributed by atoms with Gasteiger partial charge in [-0.15, -0.1) is 0 Å². The lowest BCUT2D eigenvalue weighted by atomic mass is 9.91. The Labute approximate surface area is 201 Å². The molecule has 0 fully saturated rings. The van der Waals surface area contributed by atoms with Gasteiger partial charge in [0.2, 0.25) is 0 Å². The maximum Gasteiger partial charge on any atom is 0.286 e. The summed E-state index contributed by atoms with van der Waals surface area (Å²) in [6, 6.07) is 4.16. The summed E-state index contributed by atoms with van der Waals surface area (Å²) in [6.07, 6.45) is 10.4. The van der Waals surface area contributed by atoms with Gasteiger partial charge in [0.25, 0.3) is 5.97 Å². The van der Waals surface area contributed by atoms with Crippen LogP contribution in [0.3, 0.4) is 0 Å². The van der Waals surface area contributed by atoms with E-state index in [9.17, 15) is 8.78 Å². The van der Waals surface area contributed by atoms with E-state index in [1.807, 2.05) is 41.5 Å². The fourth-order valence-corrected chi connectivity index (χ4v) is 4.27. The minimum Gasteiger partial charge on any atom is -0.324 e. The van der Waals surface area contributed by atoms with Crippen molar-refractivity contribution in [2.75, 3.05) is 0 Å². The van der Waals surface area contributed by atoms with Crippen LogP contribution in [0.5, 0.6) is 0 Å². The molecule has 192 valence electrons. The largest absolute Gasteiger partial charge is 0.324 e. The van der Waals surface area contributed by atoms with Gasteiger partial charge in [0, 0.05) is 5.92 Å². The molecule has 1 rings (SSSR count). The normalized spacial score (nSPS) is 13.5. The molecule has 0 aliphatic carbocycles. The van der Waals surface area contributed by atoms with Crippen molar-refractivity contribution < 1.29 is 23.0 Å². The molecular formula is C28H48F2O3. The summed E-state index contributed by atoms with van der Waals surface area (Å²) in [5, 5.41) is 0. The number of hydrogen-bond donors (Lipinski definition) is 0. The molecule has 0 aromatic heterocycles. The highest BCUT2D eigenvalue weighted by atomic mass is 19.2. The van der Waals surface area contributed by atoms with Crippen LogP contribution in [0.4, 0.5) is 8.78 Å². The molecule has 0 N–H and O–H groups in total. The van der Waals surface area contributed by atoms with Crippen molar-refractivity contribution in [3.05, 3.63) is 35.4 Å². The van der Waals surface area contributed by atoms with Crippen LogP contribution in [0.25, 0.3) is 0 Å². The van der Waals surface area contributed by atoms with Crippen LogP contribution in [0.2, 0.25) is 0 Å². The van der Waals surface area contributed by atoms with Crippen LogP contribution in [-0.2, 0) is 20.6 Å². The third-order valence-electron chi connectivity index (χ3n) is 5.61. The molecule has 33 heavy (non-hydrogen) atoms. The molecule has 0 saturated heterocycles. The summed E-state index contributed by atoms with van der Waals surface area (Å²) in [4.78, 5) is 0. The van der Waals surface area contributed by atoms with E-state index in [4.69, 9.17) is 14.2 Å². The zero-order valence-electron chi connectivity index (χ0n) is 22.1. The average Bonchev–Trinajstić information content (AvgIpc) is 2.70. The number of ether oxygens (including phenoxy) is 3. The standard InChI is InChI=1S/C28H48F2O3/c1-8-9-10-11-12-13-16-25(17-14-15-24-18-19-26(29)27(30)20-24)28(31-21(2)3,32-22(4)5)33-23(6)7/h18-23,25H,8-17H2,1-7H3. The molecule has 0 saturated carbocycles. The predicted molar refractivity (Wildman–Crippen MR) is 132 cm³/mol. The van der Waals surface area contributed by atoms with Gasteiger partial charge in [-0.05, 0) is 84.9 Å². The van der Waals surface area contributed by atoms with E-state index in [1.54, 1.807) is 6.07 Å². The highest BCUT2D eigenvalue weighted by molar-refractivity contribution is 5.17. The lowest BCUT2D eigenvalue weighted by molar-refractivity contribution is -0.433. The first-order chi connectivity index (χ1) is 15.6. The van der Waals surface area contributed by atoms with E-state index in [0.717, 1.165) is 31.2 Å². The minimum atomic E-state index is -1.12. The minimum absolute atomic E-state index is 0.0428. The van der Waals surface area contributed by atoms with Gasteiger partial charge in [-0.2, -0.15) is 0 Å². The molecule has 0 radical (unpaired) electrons. The molecule has 3 nitrogen and oxygen atoms in total. The van der Waals surface area contributed by atoms with Crippen LogP contribution >= 0.6 is 0 Å². The Morgan fingerprint density at radius 1 is 0.697 bits per heavy atom. The predicted octanol–water partition coefficient (Wildman–Crippen LogP) is 8.58. The number of aryl methyl sites for hydroxylation is 1. The van der Waals surface area contributed by atoms with E-state index < -0.39 is 17.6 Å². The Morgan fingerprint density at radius 2 is 1.21 bits per heavy atom. The Hall–Kier alpha value is -1.04. The lowest BCUT2D eigenvalue weighted by Gasteiger charge is -2.43. The maximum atomic E-state index is 13.6. The number of unbranched alkanes of at least 4 members (excludes halogenated alkanes) is 5. The van der Waals surface area contributed by atoms with Crippen LogP contribution in [0.1, 0.15) is 112 Å². The molecule has 0 heterocycles. The summed E-state index contributed by atoms with van der Waals surface area (Å²) in [6.45, 7) is 14.3. The summed E-state index contributed by atoms with van der Waals surface area (Å²) in [5.41, 5.74) is 0.803. The Bertz CT molecular complexity index is 620. The summed E-state index contributed by atoms with van der Waals surface area (Å²) >= 11 is 0. The first-order valence-corrected chi connectivity index (χ1v) is 13.1. The topological polar surface area (TPSA) is 27.7 Å². The van der Waals surface area contributed by atoms with Crippen LogP contribution in [0, 0.1) is 17.6 Å². The van der Waals surface area contributed by atoms with E-state index >= 15 is 0 Å². The van der Waals surface area contributed by atoms with Crippen molar-refractivity contribution in [3.8, 4) is 0 Å². The molecule has 0 spiro atoms. The third-order valence-corrected chi connectivity index (χ3v) is 5.61. The lowest BCUT2D eigenvalue weighted by Crippen LogP contribution is -2.51. The van der Waals surface area contributed by atoms with Crippen LogP contribution in [-0.4, -0.2) is 24.3 Å². The number of rotatable bonds is 18. The van der Waals surface area contributed by atoms with Crippen molar-refractivity contribution in [1.29, 1.82) is 0 Å². The molecule has 0 bridgehead atoms. The fraction of sp³-hybridized carbons (Fsp3) is 0.786. The number of hydrogen-bond acceptors (Lipinski definition) is 3. The van der Waals surface area contributed by atoms with Gasteiger partial charge in [-0.1, -0.05) is 51.5 Å². The first kappa shape index (κ1) is 30.0. The Kier molecular flexibility index (Phi) is 14.3. The van der Waals surface area contributed by atoms with E-state index in [-0.39, 0.29) is 24.2 Å². The highest BCUT2D eigenvalue weighted by Crippen LogP contribution is 2.37. The second-order valence-electron chi connectivity index (χ2n) is 10.00. The second-order valence-corrected chi connectivity index (χ2v) is 10.00. The number of benzene rings is 1. The summed E-state index contributed by atoms with van der Waals surface area (Å²) in [7, 11) is 0. The SMILES string of the molecule is CCCCCCCCC(CCCc1ccc(F)c(F)c1)C(OC(C)C)(OC(C)C)OC(C)C. The molecule has 1 unspecified atom stereocenters. The molecule has 1 atom stereocenters. The molecular weight excluding hydrogens is 422 g/mol. The number of halogens is 2. The van der Waals surface area contributed by atoms with Crippen molar-refractivity contribution in [3.63, 3.8) is 0 Å². The second kappa shape index (κ2) is 15.8. The Balaban J connectivity index is 3.00. The smallest absolute Gasteiger partial charge is 0.286 e.